The number of carbonyl (C=O) groups is 1. The molecule has 1 aromatic heterocycles. The molecule has 0 bridgehead atoms. The zero-order chi connectivity index (χ0) is 15.4. The Morgan fingerprint density at radius 3 is 2.62 bits per heavy atom. The number of aliphatic hydroxyl groups is 1. The van der Waals surface area contributed by atoms with Crippen LogP contribution < -0.4 is 5.32 Å². The Bertz CT molecular complexity index is 588. The molecule has 0 saturated carbocycles. The van der Waals surface area contributed by atoms with Crippen LogP contribution in [0.25, 0.3) is 0 Å². The first-order valence-electron chi connectivity index (χ1n) is 7.02. The van der Waals surface area contributed by atoms with Gasteiger partial charge in [-0.1, -0.05) is 30.3 Å². The van der Waals surface area contributed by atoms with Crippen molar-refractivity contribution < 1.29 is 9.90 Å². The van der Waals surface area contributed by atoms with Gasteiger partial charge in [-0.15, -0.1) is 0 Å². The third-order valence-corrected chi connectivity index (χ3v) is 3.49. The van der Waals surface area contributed by atoms with Crippen LogP contribution >= 0.6 is 0 Å². The Labute approximate surface area is 124 Å². The predicted molar refractivity (Wildman–Crippen MR) is 80.9 cm³/mol. The van der Waals surface area contributed by atoms with Gasteiger partial charge >= 0.3 is 0 Å². The fourth-order valence-electron chi connectivity index (χ4n) is 2.17. The van der Waals surface area contributed by atoms with E-state index in [0.717, 1.165) is 11.3 Å². The van der Waals surface area contributed by atoms with Crippen molar-refractivity contribution in [2.45, 2.75) is 32.4 Å². The van der Waals surface area contributed by atoms with E-state index < -0.39 is 6.10 Å². The maximum Gasteiger partial charge on any atom is 0.271 e. The van der Waals surface area contributed by atoms with Crippen LogP contribution in [-0.4, -0.2) is 26.8 Å². The van der Waals surface area contributed by atoms with Crippen LogP contribution in [0.5, 0.6) is 0 Å². The number of carbonyl (C=O) groups excluding carboxylic acids is 1. The molecule has 1 heterocycles. The summed E-state index contributed by atoms with van der Waals surface area (Å²) in [4.78, 5) is 12.1. The summed E-state index contributed by atoms with van der Waals surface area (Å²) < 4.78 is 1.67. The smallest absolute Gasteiger partial charge is 0.271 e. The third-order valence-electron chi connectivity index (χ3n) is 3.49. The second-order valence-electron chi connectivity index (χ2n) is 5.33. The second-order valence-corrected chi connectivity index (χ2v) is 5.33. The number of hydrogen-bond donors (Lipinski definition) is 2. The highest BCUT2D eigenvalue weighted by molar-refractivity contribution is 5.92. The van der Waals surface area contributed by atoms with Crippen molar-refractivity contribution >= 4 is 5.91 Å². The SMILES string of the molecule is Cc1cc(C(=O)NC(C)CC(O)c2ccccc2)nn1C. The number of nitrogens with zero attached hydrogens (tertiary/aromatic N) is 2. The quantitative estimate of drug-likeness (QED) is 0.883. The summed E-state index contributed by atoms with van der Waals surface area (Å²) in [5.41, 5.74) is 2.18. The summed E-state index contributed by atoms with van der Waals surface area (Å²) in [5, 5.41) is 17.2. The van der Waals surface area contributed by atoms with E-state index in [4.69, 9.17) is 0 Å². The van der Waals surface area contributed by atoms with Gasteiger partial charge in [0.05, 0.1) is 6.10 Å². The Balaban J connectivity index is 1.92. The normalized spacial score (nSPS) is 13.7. The highest BCUT2D eigenvalue weighted by Gasteiger charge is 2.17. The van der Waals surface area contributed by atoms with E-state index in [1.54, 1.807) is 17.8 Å². The van der Waals surface area contributed by atoms with Crippen molar-refractivity contribution in [3.63, 3.8) is 0 Å². The number of benzene rings is 1. The molecule has 1 amide bonds. The number of rotatable bonds is 5. The summed E-state index contributed by atoms with van der Waals surface area (Å²) in [5.74, 6) is -0.216. The van der Waals surface area contributed by atoms with Gasteiger partial charge in [-0.2, -0.15) is 5.10 Å². The minimum absolute atomic E-state index is 0.144. The molecule has 112 valence electrons. The molecule has 1 aromatic carbocycles. The largest absolute Gasteiger partial charge is 0.388 e. The second kappa shape index (κ2) is 6.54. The van der Waals surface area contributed by atoms with Gasteiger partial charge in [-0.25, -0.2) is 0 Å². The van der Waals surface area contributed by atoms with Crippen LogP contribution in [0.4, 0.5) is 0 Å². The van der Waals surface area contributed by atoms with Gasteiger partial charge in [0.15, 0.2) is 0 Å². The Morgan fingerprint density at radius 2 is 2.05 bits per heavy atom. The first-order chi connectivity index (χ1) is 9.97. The maximum atomic E-state index is 12.1. The van der Waals surface area contributed by atoms with Gasteiger partial charge in [-0.05, 0) is 31.9 Å². The number of hydrogen-bond acceptors (Lipinski definition) is 3. The molecule has 2 N–H and O–H groups in total. The van der Waals surface area contributed by atoms with Gasteiger partial charge in [0.1, 0.15) is 5.69 Å². The van der Waals surface area contributed by atoms with Gasteiger partial charge in [-0.3, -0.25) is 9.48 Å². The summed E-state index contributed by atoms with van der Waals surface area (Å²) in [7, 11) is 1.80. The van der Waals surface area contributed by atoms with Crippen LogP contribution in [0.15, 0.2) is 36.4 Å². The third kappa shape index (κ3) is 3.92. The van der Waals surface area contributed by atoms with Crippen molar-refractivity contribution in [1.82, 2.24) is 15.1 Å². The molecule has 5 heteroatoms. The van der Waals surface area contributed by atoms with Crippen molar-refractivity contribution in [1.29, 1.82) is 0 Å². The average Bonchev–Trinajstić information content (AvgIpc) is 2.79. The van der Waals surface area contributed by atoms with E-state index in [2.05, 4.69) is 10.4 Å². The molecular formula is C16H21N3O2. The summed E-state index contributed by atoms with van der Waals surface area (Å²) in [6, 6.07) is 11.0. The lowest BCUT2D eigenvalue weighted by Crippen LogP contribution is -2.34. The molecule has 2 unspecified atom stereocenters. The maximum absolute atomic E-state index is 12.1. The van der Waals surface area contributed by atoms with Gasteiger partial charge in [0, 0.05) is 18.8 Å². The van der Waals surface area contributed by atoms with E-state index in [-0.39, 0.29) is 11.9 Å². The summed E-state index contributed by atoms with van der Waals surface area (Å²) in [6.45, 7) is 3.77. The molecule has 0 saturated heterocycles. The van der Waals surface area contributed by atoms with Crippen molar-refractivity contribution in [2.24, 2.45) is 7.05 Å². The lowest BCUT2D eigenvalue weighted by molar-refractivity contribution is 0.0911. The van der Waals surface area contributed by atoms with Gasteiger partial charge in [0.25, 0.3) is 5.91 Å². The van der Waals surface area contributed by atoms with E-state index >= 15 is 0 Å². The summed E-state index contributed by atoms with van der Waals surface area (Å²) in [6.07, 6.45) is -0.131. The summed E-state index contributed by atoms with van der Waals surface area (Å²) >= 11 is 0. The van der Waals surface area contributed by atoms with Crippen LogP contribution in [0.2, 0.25) is 0 Å². The minimum atomic E-state index is -0.591. The van der Waals surface area contributed by atoms with E-state index in [1.165, 1.54) is 0 Å². The highest BCUT2D eigenvalue weighted by atomic mass is 16.3. The number of aliphatic hydroxyl groups excluding tert-OH is 1. The molecule has 0 aliphatic rings. The molecule has 0 fully saturated rings. The molecule has 21 heavy (non-hydrogen) atoms. The number of amides is 1. The number of nitrogens with one attached hydrogen (secondary N) is 1. The lowest BCUT2D eigenvalue weighted by Gasteiger charge is -2.17. The number of aromatic nitrogens is 2. The number of aryl methyl sites for hydroxylation is 2. The Morgan fingerprint density at radius 1 is 1.38 bits per heavy atom. The highest BCUT2D eigenvalue weighted by Crippen LogP contribution is 2.17. The van der Waals surface area contributed by atoms with E-state index in [9.17, 15) is 9.90 Å². The topological polar surface area (TPSA) is 67.2 Å². The minimum Gasteiger partial charge on any atom is -0.388 e. The zero-order valence-corrected chi connectivity index (χ0v) is 12.6. The molecule has 2 atom stereocenters. The van der Waals surface area contributed by atoms with Crippen molar-refractivity contribution in [3.8, 4) is 0 Å². The van der Waals surface area contributed by atoms with Crippen LogP contribution in [-0.2, 0) is 7.05 Å². The fraction of sp³-hybridized carbons (Fsp3) is 0.375. The average molecular weight is 287 g/mol. The van der Waals surface area contributed by atoms with Crippen LogP contribution in [0.1, 0.15) is 41.2 Å². The molecule has 2 aromatic rings. The first kappa shape index (κ1) is 15.3. The molecular weight excluding hydrogens is 266 g/mol. The predicted octanol–water partition coefficient (Wildman–Crippen LogP) is 1.97. The molecule has 0 aliphatic heterocycles. The molecule has 0 radical (unpaired) electrons. The first-order valence-corrected chi connectivity index (χ1v) is 7.02. The fourth-order valence-corrected chi connectivity index (χ4v) is 2.17. The zero-order valence-electron chi connectivity index (χ0n) is 12.6. The molecule has 5 nitrogen and oxygen atoms in total. The van der Waals surface area contributed by atoms with E-state index in [1.807, 2.05) is 44.2 Å². The van der Waals surface area contributed by atoms with Gasteiger partial charge in [0.2, 0.25) is 0 Å². The van der Waals surface area contributed by atoms with Crippen molar-refractivity contribution in [3.05, 3.63) is 53.3 Å². The Hall–Kier alpha value is -2.14. The monoisotopic (exact) mass is 287 g/mol. The van der Waals surface area contributed by atoms with Crippen molar-refractivity contribution in [2.75, 3.05) is 0 Å². The molecule has 0 spiro atoms. The standard InChI is InChI=1S/C16H21N3O2/c1-11(9-15(20)13-7-5-4-6-8-13)17-16(21)14-10-12(2)19(3)18-14/h4-8,10-11,15,20H,9H2,1-3H3,(H,17,21). The lowest BCUT2D eigenvalue weighted by atomic mass is 10.0. The molecule has 0 aliphatic carbocycles. The van der Waals surface area contributed by atoms with Crippen LogP contribution in [0, 0.1) is 6.92 Å². The molecule has 2 rings (SSSR count). The van der Waals surface area contributed by atoms with Gasteiger partial charge < -0.3 is 10.4 Å². The van der Waals surface area contributed by atoms with Crippen LogP contribution in [0.3, 0.4) is 0 Å². The Kier molecular flexibility index (Phi) is 4.75. The van der Waals surface area contributed by atoms with E-state index in [0.29, 0.717) is 12.1 Å².